The van der Waals surface area contributed by atoms with Gasteiger partial charge in [0.2, 0.25) is 0 Å². The molecule has 31 heavy (non-hydrogen) atoms. The average Bonchev–Trinajstić information content (AvgIpc) is 2.90. The number of benzene rings is 3. The third-order valence-electron chi connectivity index (χ3n) is 6.14. The summed E-state index contributed by atoms with van der Waals surface area (Å²) in [6, 6.07) is 19.5. The molecule has 0 aliphatic carbocycles. The molecule has 158 valence electrons. The molecule has 1 aliphatic rings. The number of phenolic OH excluding ortho intramolecular Hbond substituents is 1. The van der Waals surface area contributed by atoms with Crippen LogP contribution in [0.2, 0.25) is 0 Å². The molecule has 0 radical (unpaired) electrons. The van der Waals surface area contributed by atoms with E-state index in [-0.39, 0.29) is 11.5 Å². The maximum absolute atomic E-state index is 13.2. The van der Waals surface area contributed by atoms with Crippen molar-refractivity contribution < 1.29 is 9.90 Å². The van der Waals surface area contributed by atoms with Crippen LogP contribution in [0.15, 0.2) is 65.7 Å². The summed E-state index contributed by atoms with van der Waals surface area (Å²) in [4.78, 5) is 18.2. The van der Waals surface area contributed by atoms with Gasteiger partial charge >= 0.3 is 0 Å². The first-order valence-corrected chi connectivity index (χ1v) is 11.1. The summed E-state index contributed by atoms with van der Waals surface area (Å²) >= 11 is 0. The number of carbonyl (C=O) groups is 1. The van der Waals surface area contributed by atoms with Gasteiger partial charge in [-0.05, 0) is 72.4 Å². The zero-order chi connectivity index (χ0) is 22.0. The number of aryl methyl sites for hydroxylation is 3. The molecule has 1 aliphatic heterocycles. The molecule has 3 heteroatoms. The van der Waals surface area contributed by atoms with Crippen molar-refractivity contribution in [3.8, 4) is 5.75 Å². The zero-order valence-corrected chi connectivity index (χ0v) is 18.5. The highest BCUT2D eigenvalue weighted by atomic mass is 16.3. The first-order valence-electron chi connectivity index (χ1n) is 11.1. The van der Waals surface area contributed by atoms with Crippen molar-refractivity contribution in [1.82, 2.24) is 0 Å². The molecule has 1 heterocycles. The van der Waals surface area contributed by atoms with Gasteiger partial charge in [-0.25, -0.2) is 0 Å². The van der Waals surface area contributed by atoms with Crippen LogP contribution in [0.3, 0.4) is 0 Å². The van der Waals surface area contributed by atoms with Gasteiger partial charge in [-0.3, -0.25) is 9.79 Å². The van der Waals surface area contributed by atoms with E-state index in [9.17, 15) is 9.90 Å². The van der Waals surface area contributed by atoms with E-state index < -0.39 is 6.04 Å². The number of phenols is 1. The predicted octanol–water partition coefficient (Wildman–Crippen LogP) is 5.40. The molecule has 4 rings (SSSR count). The van der Waals surface area contributed by atoms with Gasteiger partial charge in [0.1, 0.15) is 11.8 Å². The summed E-state index contributed by atoms with van der Waals surface area (Å²) in [5.74, 6) is 0.370. The highest BCUT2D eigenvalue weighted by molar-refractivity contribution is 6.16. The van der Waals surface area contributed by atoms with Crippen LogP contribution in [-0.2, 0) is 30.5 Å². The summed E-state index contributed by atoms with van der Waals surface area (Å²) in [7, 11) is 0. The second-order valence-electron chi connectivity index (χ2n) is 8.36. The number of rotatable bonds is 5. The third-order valence-corrected chi connectivity index (χ3v) is 6.14. The zero-order valence-electron chi connectivity index (χ0n) is 18.5. The minimum atomic E-state index is -0.423. The maximum atomic E-state index is 13.2. The fourth-order valence-electron chi connectivity index (χ4n) is 4.38. The van der Waals surface area contributed by atoms with E-state index in [1.807, 2.05) is 18.2 Å². The Morgan fingerprint density at radius 1 is 0.935 bits per heavy atom. The van der Waals surface area contributed by atoms with Crippen LogP contribution in [0.25, 0.3) is 0 Å². The molecule has 1 atom stereocenters. The van der Waals surface area contributed by atoms with E-state index >= 15 is 0 Å². The lowest BCUT2D eigenvalue weighted by molar-refractivity contribution is -0.119. The fraction of sp³-hybridized carbons (Fsp3) is 0.286. The quantitative estimate of drug-likeness (QED) is 0.611. The van der Waals surface area contributed by atoms with Crippen LogP contribution < -0.4 is 0 Å². The second-order valence-corrected chi connectivity index (χ2v) is 8.36. The Bertz CT molecular complexity index is 1140. The van der Waals surface area contributed by atoms with Crippen molar-refractivity contribution in [3.05, 3.63) is 99.6 Å². The van der Waals surface area contributed by atoms with E-state index in [2.05, 4.69) is 51.1 Å². The molecule has 0 saturated carbocycles. The van der Waals surface area contributed by atoms with Gasteiger partial charge in [0, 0.05) is 24.0 Å². The van der Waals surface area contributed by atoms with Crippen LogP contribution in [-0.4, -0.2) is 22.6 Å². The molecular formula is C28H29NO2. The molecule has 3 aromatic carbocycles. The van der Waals surface area contributed by atoms with Crippen molar-refractivity contribution in [2.75, 3.05) is 0 Å². The van der Waals surface area contributed by atoms with Gasteiger partial charge in [-0.15, -0.1) is 0 Å². The number of ketones is 1. The molecule has 0 spiro atoms. The van der Waals surface area contributed by atoms with Gasteiger partial charge in [-0.2, -0.15) is 0 Å². The Morgan fingerprint density at radius 3 is 2.39 bits per heavy atom. The second kappa shape index (κ2) is 8.89. The minimum absolute atomic E-state index is 0.150. The van der Waals surface area contributed by atoms with Crippen molar-refractivity contribution >= 4 is 11.5 Å². The molecule has 0 aromatic heterocycles. The van der Waals surface area contributed by atoms with E-state index in [4.69, 9.17) is 4.99 Å². The third kappa shape index (κ3) is 4.46. The van der Waals surface area contributed by atoms with E-state index in [1.54, 1.807) is 12.1 Å². The summed E-state index contributed by atoms with van der Waals surface area (Å²) < 4.78 is 0. The summed E-state index contributed by atoms with van der Waals surface area (Å²) in [5.41, 5.74) is 8.78. The largest absolute Gasteiger partial charge is 0.508 e. The van der Waals surface area contributed by atoms with Crippen LogP contribution in [0.5, 0.6) is 5.75 Å². The standard InChI is InChI=1S/C28H29NO2/c1-4-20-9-7-19(15-21(20)5-2)16-26-27(31)17-23-8-6-18(3)14-25(23)28(29-26)22-10-12-24(30)13-11-22/h6-15,26,30H,4-5,16-17H2,1-3H3. The van der Waals surface area contributed by atoms with E-state index in [1.165, 1.54) is 11.1 Å². The molecule has 3 nitrogen and oxygen atoms in total. The topological polar surface area (TPSA) is 49.7 Å². The molecule has 0 bridgehead atoms. The number of carbonyl (C=O) groups excluding carboxylic acids is 1. The molecule has 1 unspecified atom stereocenters. The first kappa shape index (κ1) is 21.0. The lowest BCUT2D eigenvalue weighted by Gasteiger charge is -2.14. The SMILES string of the molecule is CCc1ccc(CC2N=C(c3ccc(O)cc3)c3cc(C)ccc3CC2=O)cc1CC. The molecule has 1 N–H and O–H groups in total. The fourth-order valence-corrected chi connectivity index (χ4v) is 4.38. The van der Waals surface area contributed by atoms with Crippen LogP contribution in [0.1, 0.15) is 52.8 Å². The highest BCUT2D eigenvalue weighted by Crippen LogP contribution is 2.26. The van der Waals surface area contributed by atoms with Crippen molar-refractivity contribution in [2.45, 2.75) is 52.5 Å². The monoisotopic (exact) mass is 411 g/mol. The van der Waals surface area contributed by atoms with Gasteiger partial charge in [0.15, 0.2) is 5.78 Å². The minimum Gasteiger partial charge on any atom is -0.508 e. The number of aromatic hydroxyl groups is 1. The number of Topliss-reactive ketones (excluding diaryl/α,β-unsaturated/α-hetero) is 1. The number of fused-ring (bicyclic) bond motifs is 1. The normalized spacial score (nSPS) is 15.9. The Balaban J connectivity index is 1.78. The number of aliphatic imine (C=N–C) groups is 1. The molecule has 0 saturated heterocycles. The molecule has 0 amide bonds. The summed E-state index contributed by atoms with van der Waals surface area (Å²) in [5, 5.41) is 9.74. The van der Waals surface area contributed by atoms with Crippen LogP contribution >= 0.6 is 0 Å². The van der Waals surface area contributed by atoms with Crippen LogP contribution in [0, 0.1) is 6.92 Å². The lowest BCUT2D eigenvalue weighted by Crippen LogP contribution is -2.23. The van der Waals surface area contributed by atoms with Gasteiger partial charge in [0.05, 0.1) is 5.71 Å². The Morgan fingerprint density at radius 2 is 1.68 bits per heavy atom. The van der Waals surface area contributed by atoms with Gasteiger partial charge in [0.25, 0.3) is 0 Å². The Kier molecular flexibility index (Phi) is 6.03. The Labute approximate surface area is 184 Å². The van der Waals surface area contributed by atoms with E-state index in [0.29, 0.717) is 12.8 Å². The smallest absolute Gasteiger partial charge is 0.162 e. The van der Waals surface area contributed by atoms with Crippen molar-refractivity contribution in [1.29, 1.82) is 0 Å². The van der Waals surface area contributed by atoms with Crippen LogP contribution in [0.4, 0.5) is 0 Å². The van der Waals surface area contributed by atoms with Crippen molar-refractivity contribution in [3.63, 3.8) is 0 Å². The van der Waals surface area contributed by atoms with Gasteiger partial charge < -0.3 is 5.11 Å². The Hall–Kier alpha value is -3.20. The predicted molar refractivity (Wildman–Crippen MR) is 126 cm³/mol. The lowest BCUT2D eigenvalue weighted by atomic mass is 9.93. The van der Waals surface area contributed by atoms with E-state index in [0.717, 1.165) is 46.4 Å². The number of hydrogen-bond acceptors (Lipinski definition) is 3. The number of nitrogens with zero attached hydrogens (tertiary/aromatic N) is 1. The summed E-state index contributed by atoms with van der Waals surface area (Å²) in [6.45, 7) is 6.41. The maximum Gasteiger partial charge on any atom is 0.162 e. The average molecular weight is 412 g/mol. The number of hydrogen-bond donors (Lipinski definition) is 1. The van der Waals surface area contributed by atoms with Crippen molar-refractivity contribution in [2.24, 2.45) is 4.99 Å². The molecule has 0 fully saturated rings. The summed E-state index contributed by atoms with van der Waals surface area (Å²) in [6.07, 6.45) is 3.00. The highest BCUT2D eigenvalue weighted by Gasteiger charge is 2.26. The van der Waals surface area contributed by atoms with Gasteiger partial charge in [-0.1, -0.05) is 49.7 Å². The molecule has 3 aromatic rings. The molecular weight excluding hydrogens is 382 g/mol. The first-order chi connectivity index (χ1) is 15.0.